The molecule has 0 spiro atoms. The van der Waals surface area contributed by atoms with Crippen molar-refractivity contribution in [3.63, 3.8) is 0 Å². The van der Waals surface area contributed by atoms with E-state index >= 15 is 0 Å². The lowest BCUT2D eigenvalue weighted by Crippen LogP contribution is -2.35. The van der Waals surface area contributed by atoms with Gasteiger partial charge in [-0.05, 0) is 25.3 Å². The van der Waals surface area contributed by atoms with Crippen molar-refractivity contribution in [2.75, 3.05) is 18.4 Å². The molecule has 0 aromatic heterocycles. The van der Waals surface area contributed by atoms with Crippen LogP contribution in [0.5, 0.6) is 0 Å². The molecule has 1 atom stereocenters. The Morgan fingerprint density at radius 2 is 2.08 bits per heavy atom. The fraction of sp³-hybridized carbons (Fsp3) is 0.529. The predicted octanol–water partition coefficient (Wildman–Crippen LogP) is 2.67. The van der Waals surface area contributed by atoms with Crippen LogP contribution >= 0.6 is 0 Å². The number of nitrogens with zero attached hydrogens (tertiary/aromatic N) is 3. The van der Waals surface area contributed by atoms with Crippen molar-refractivity contribution in [1.29, 1.82) is 5.26 Å². The fourth-order valence-corrected chi connectivity index (χ4v) is 3.59. The summed E-state index contributed by atoms with van der Waals surface area (Å²) in [5.41, 5.74) is 0.745. The lowest BCUT2D eigenvalue weighted by atomic mass is 10.1. The van der Waals surface area contributed by atoms with Gasteiger partial charge in [-0.2, -0.15) is 5.26 Å². The average molecular weight is 328 g/mol. The van der Waals surface area contributed by atoms with Gasteiger partial charge in [-0.1, -0.05) is 12.8 Å². The molecule has 1 N–H and O–H groups in total. The van der Waals surface area contributed by atoms with Crippen LogP contribution in [0.25, 0.3) is 0 Å². The quantitative estimate of drug-likeness (QED) is 0.676. The molecule has 3 rings (SSSR count). The lowest BCUT2D eigenvalue weighted by molar-refractivity contribution is -0.384. The van der Waals surface area contributed by atoms with E-state index in [2.05, 4.69) is 5.32 Å². The highest BCUT2D eigenvalue weighted by atomic mass is 16.6. The molecule has 1 aliphatic carbocycles. The normalized spacial score (nSPS) is 20.8. The monoisotopic (exact) mass is 328 g/mol. The average Bonchev–Trinajstić information content (AvgIpc) is 3.26. The van der Waals surface area contributed by atoms with Gasteiger partial charge in [0.25, 0.3) is 5.69 Å². The minimum Gasteiger partial charge on any atom is -0.379 e. The Morgan fingerprint density at radius 3 is 2.75 bits per heavy atom. The minimum absolute atomic E-state index is 0.0731. The third kappa shape index (κ3) is 3.32. The molecule has 0 bridgehead atoms. The number of carbonyl (C=O) groups excluding carboxylic acids is 1. The number of likely N-dealkylation sites (tertiary alicyclic amines) is 1. The molecular formula is C17H20N4O3. The number of non-ortho nitro benzene ring substituents is 1. The first-order valence-corrected chi connectivity index (χ1v) is 8.32. The molecule has 1 aromatic carbocycles. The summed E-state index contributed by atoms with van der Waals surface area (Å²) in [5, 5.41) is 23.3. The first kappa shape index (κ1) is 16.2. The van der Waals surface area contributed by atoms with Gasteiger partial charge in [0.2, 0.25) is 5.91 Å². The van der Waals surface area contributed by atoms with Crippen LogP contribution in [-0.2, 0) is 4.79 Å². The number of benzene rings is 1. The number of nitro benzene ring substituents is 1. The van der Waals surface area contributed by atoms with E-state index in [0.717, 1.165) is 38.6 Å². The molecule has 1 amide bonds. The number of carbonyl (C=O) groups is 1. The third-order valence-corrected chi connectivity index (χ3v) is 4.90. The van der Waals surface area contributed by atoms with Crippen molar-refractivity contribution < 1.29 is 9.72 Å². The molecule has 1 aliphatic heterocycles. The lowest BCUT2D eigenvalue weighted by Gasteiger charge is -2.21. The van der Waals surface area contributed by atoms with E-state index in [4.69, 9.17) is 0 Å². The molecular weight excluding hydrogens is 308 g/mol. The van der Waals surface area contributed by atoms with E-state index in [1.165, 1.54) is 12.1 Å². The van der Waals surface area contributed by atoms with Gasteiger partial charge < -0.3 is 10.2 Å². The first-order chi connectivity index (χ1) is 11.6. The third-order valence-electron chi connectivity index (χ3n) is 4.90. The smallest absolute Gasteiger partial charge is 0.270 e. The van der Waals surface area contributed by atoms with Gasteiger partial charge in [0.05, 0.1) is 16.2 Å². The summed E-state index contributed by atoms with van der Waals surface area (Å²) in [5.74, 6) is 0.429. The highest BCUT2D eigenvalue weighted by Gasteiger charge is 2.32. The molecule has 1 saturated heterocycles. The van der Waals surface area contributed by atoms with Crippen molar-refractivity contribution in [3.8, 4) is 6.07 Å². The van der Waals surface area contributed by atoms with E-state index in [0.29, 0.717) is 12.2 Å². The Bertz CT molecular complexity index is 692. The Morgan fingerprint density at radius 1 is 1.33 bits per heavy atom. The number of hydrogen-bond acceptors (Lipinski definition) is 5. The topological polar surface area (TPSA) is 99.3 Å². The SMILES string of the molecule is N#Cc1cc([N+](=O)[O-])ccc1NC1CCN(C(=O)C2CCCC2)C1. The number of rotatable bonds is 4. The molecule has 0 radical (unpaired) electrons. The zero-order valence-corrected chi connectivity index (χ0v) is 13.4. The Balaban J connectivity index is 1.64. The van der Waals surface area contributed by atoms with E-state index in [1.54, 1.807) is 6.07 Å². The minimum atomic E-state index is -0.512. The number of nitrogens with one attached hydrogen (secondary N) is 1. The molecule has 1 heterocycles. The second kappa shape index (κ2) is 6.87. The maximum atomic E-state index is 12.5. The number of anilines is 1. The molecule has 2 fully saturated rings. The largest absolute Gasteiger partial charge is 0.379 e. The van der Waals surface area contributed by atoms with Crippen LogP contribution in [0, 0.1) is 27.4 Å². The fourth-order valence-electron chi connectivity index (χ4n) is 3.59. The Hall–Kier alpha value is -2.62. The predicted molar refractivity (Wildman–Crippen MR) is 88.4 cm³/mol. The molecule has 7 heteroatoms. The first-order valence-electron chi connectivity index (χ1n) is 8.32. The van der Waals surface area contributed by atoms with Crippen molar-refractivity contribution in [3.05, 3.63) is 33.9 Å². The standard InChI is InChI=1S/C17H20N4O3/c18-10-13-9-15(21(23)24)5-6-16(13)19-14-7-8-20(11-14)17(22)12-3-1-2-4-12/h5-6,9,12,14,19H,1-4,7-8,11H2. The van der Waals surface area contributed by atoms with Crippen LogP contribution in [0.4, 0.5) is 11.4 Å². The van der Waals surface area contributed by atoms with Crippen LogP contribution in [0.3, 0.4) is 0 Å². The second-order valence-electron chi connectivity index (χ2n) is 6.49. The van der Waals surface area contributed by atoms with E-state index in [-0.39, 0.29) is 29.1 Å². The van der Waals surface area contributed by atoms with Gasteiger partial charge in [-0.15, -0.1) is 0 Å². The molecule has 126 valence electrons. The highest BCUT2D eigenvalue weighted by molar-refractivity contribution is 5.79. The van der Waals surface area contributed by atoms with Crippen molar-refractivity contribution in [1.82, 2.24) is 4.90 Å². The summed E-state index contributed by atoms with van der Waals surface area (Å²) in [6, 6.07) is 6.30. The van der Waals surface area contributed by atoms with Gasteiger partial charge >= 0.3 is 0 Å². The summed E-state index contributed by atoms with van der Waals surface area (Å²) in [4.78, 5) is 24.7. The van der Waals surface area contributed by atoms with Crippen molar-refractivity contribution >= 4 is 17.3 Å². The molecule has 24 heavy (non-hydrogen) atoms. The van der Waals surface area contributed by atoms with Gasteiger partial charge in [0.15, 0.2) is 0 Å². The zero-order chi connectivity index (χ0) is 17.1. The number of nitriles is 1. The zero-order valence-electron chi connectivity index (χ0n) is 13.4. The van der Waals surface area contributed by atoms with Gasteiger partial charge in [0.1, 0.15) is 6.07 Å². The van der Waals surface area contributed by atoms with Crippen LogP contribution in [0.1, 0.15) is 37.7 Å². The summed E-state index contributed by atoms with van der Waals surface area (Å²) < 4.78 is 0. The van der Waals surface area contributed by atoms with E-state index in [9.17, 15) is 20.2 Å². The number of hydrogen-bond donors (Lipinski definition) is 1. The van der Waals surface area contributed by atoms with E-state index in [1.807, 2.05) is 11.0 Å². The summed E-state index contributed by atoms with van der Waals surface area (Å²) in [6.45, 7) is 1.35. The number of nitro groups is 1. The Labute approximate surface area is 140 Å². The Kier molecular flexibility index (Phi) is 4.65. The van der Waals surface area contributed by atoms with Crippen molar-refractivity contribution in [2.24, 2.45) is 5.92 Å². The van der Waals surface area contributed by atoms with Crippen LogP contribution < -0.4 is 5.32 Å². The van der Waals surface area contributed by atoms with Crippen LogP contribution in [0.2, 0.25) is 0 Å². The highest BCUT2D eigenvalue weighted by Crippen LogP contribution is 2.29. The molecule has 1 saturated carbocycles. The molecule has 1 unspecified atom stereocenters. The second-order valence-corrected chi connectivity index (χ2v) is 6.49. The van der Waals surface area contributed by atoms with Gasteiger partial charge in [-0.25, -0.2) is 0 Å². The summed E-state index contributed by atoms with van der Waals surface area (Å²) >= 11 is 0. The van der Waals surface area contributed by atoms with E-state index < -0.39 is 4.92 Å². The number of amides is 1. The summed E-state index contributed by atoms with van der Waals surface area (Å²) in [6.07, 6.45) is 5.09. The van der Waals surface area contributed by atoms with Crippen molar-refractivity contribution in [2.45, 2.75) is 38.1 Å². The van der Waals surface area contributed by atoms with Crippen LogP contribution in [-0.4, -0.2) is 34.9 Å². The molecule has 7 nitrogen and oxygen atoms in total. The molecule has 1 aromatic rings. The maximum Gasteiger partial charge on any atom is 0.270 e. The maximum absolute atomic E-state index is 12.5. The van der Waals surface area contributed by atoms with Gasteiger partial charge in [0, 0.05) is 37.2 Å². The summed E-state index contributed by atoms with van der Waals surface area (Å²) in [7, 11) is 0. The molecule has 2 aliphatic rings. The van der Waals surface area contributed by atoms with Gasteiger partial charge in [-0.3, -0.25) is 14.9 Å². The van der Waals surface area contributed by atoms with Crippen LogP contribution in [0.15, 0.2) is 18.2 Å².